The van der Waals surface area contributed by atoms with Gasteiger partial charge in [0.2, 0.25) is 0 Å². The molecule has 21 heavy (non-hydrogen) atoms. The Morgan fingerprint density at radius 1 is 1.19 bits per heavy atom. The standard InChI is InChI=1S/C15H11BrClNO3/c1-21-15(20)10-4-2-3-5-13(10)18-14(19)9-6-7-11(16)12(17)8-9/h2-8H,1H3,(H,18,19). The molecule has 108 valence electrons. The summed E-state index contributed by atoms with van der Waals surface area (Å²) in [6, 6.07) is 11.5. The van der Waals surface area contributed by atoms with Crippen LogP contribution in [0, 0.1) is 0 Å². The number of halogens is 2. The van der Waals surface area contributed by atoms with Crippen molar-refractivity contribution in [3.8, 4) is 0 Å². The zero-order valence-electron chi connectivity index (χ0n) is 11.0. The molecular weight excluding hydrogens is 358 g/mol. The Morgan fingerprint density at radius 2 is 1.90 bits per heavy atom. The monoisotopic (exact) mass is 367 g/mol. The summed E-state index contributed by atoms with van der Waals surface area (Å²) in [6.45, 7) is 0. The van der Waals surface area contributed by atoms with Crippen LogP contribution >= 0.6 is 27.5 Å². The maximum atomic E-state index is 12.2. The molecule has 0 radical (unpaired) electrons. The van der Waals surface area contributed by atoms with E-state index in [2.05, 4.69) is 26.0 Å². The average Bonchev–Trinajstić information content (AvgIpc) is 2.49. The van der Waals surface area contributed by atoms with Gasteiger partial charge in [-0.05, 0) is 46.3 Å². The minimum absolute atomic E-state index is 0.288. The second kappa shape index (κ2) is 6.74. The minimum Gasteiger partial charge on any atom is -0.465 e. The fourth-order valence-corrected chi connectivity index (χ4v) is 2.14. The summed E-state index contributed by atoms with van der Waals surface area (Å²) in [7, 11) is 1.29. The number of hydrogen-bond acceptors (Lipinski definition) is 3. The number of methoxy groups -OCH3 is 1. The second-order valence-corrected chi connectivity index (χ2v) is 5.38. The Labute approximate surface area is 135 Å². The average molecular weight is 369 g/mol. The van der Waals surface area contributed by atoms with E-state index in [1.807, 2.05) is 0 Å². The van der Waals surface area contributed by atoms with Crippen LogP contribution in [0.15, 0.2) is 46.9 Å². The lowest BCUT2D eigenvalue weighted by Gasteiger charge is -2.10. The number of amides is 1. The molecule has 0 unspecified atom stereocenters. The van der Waals surface area contributed by atoms with Crippen LogP contribution in [0.2, 0.25) is 5.02 Å². The Hall–Kier alpha value is -1.85. The molecule has 0 aliphatic heterocycles. The van der Waals surface area contributed by atoms with E-state index < -0.39 is 5.97 Å². The number of hydrogen-bond donors (Lipinski definition) is 1. The predicted octanol–water partition coefficient (Wildman–Crippen LogP) is 4.14. The van der Waals surface area contributed by atoms with E-state index in [9.17, 15) is 9.59 Å². The van der Waals surface area contributed by atoms with Crippen molar-refractivity contribution in [2.24, 2.45) is 0 Å². The van der Waals surface area contributed by atoms with Gasteiger partial charge in [0.05, 0.1) is 23.4 Å². The maximum Gasteiger partial charge on any atom is 0.339 e. The molecule has 0 fully saturated rings. The molecule has 0 saturated heterocycles. The number of carbonyl (C=O) groups excluding carboxylic acids is 2. The number of ether oxygens (including phenoxy) is 1. The molecule has 0 aliphatic carbocycles. The SMILES string of the molecule is COC(=O)c1ccccc1NC(=O)c1ccc(Br)c(Cl)c1. The third-order valence-corrected chi connectivity index (χ3v) is 3.99. The number of esters is 1. The van der Waals surface area contributed by atoms with Gasteiger partial charge in [-0.2, -0.15) is 0 Å². The minimum atomic E-state index is -0.514. The number of anilines is 1. The molecular formula is C15H11BrClNO3. The summed E-state index contributed by atoms with van der Waals surface area (Å²) in [5.41, 5.74) is 1.06. The quantitative estimate of drug-likeness (QED) is 0.828. The van der Waals surface area contributed by atoms with Crippen LogP contribution in [0.25, 0.3) is 0 Å². The molecule has 6 heteroatoms. The summed E-state index contributed by atoms with van der Waals surface area (Å²) < 4.78 is 5.39. The summed E-state index contributed by atoms with van der Waals surface area (Å²) in [6.07, 6.45) is 0. The molecule has 4 nitrogen and oxygen atoms in total. The van der Waals surface area contributed by atoms with E-state index in [0.717, 1.165) is 0 Å². The summed E-state index contributed by atoms with van der Waals surface area (Å²) in [5.74, 6) is -0.875. The highest BCUT2D eigenvalue weighted by Gasteiger charge is 2.14. The van der Waals surface area contributed by atoms with Gasteiger partial charge in [-0.1, -0.05) is 23.7 Å². The van der Waals surface area contributed by atoms with Crippen LogP contribution < -0.4 is 5.32 Å². The van der Waals surface area contributed by atoms with Gasteiger partial charge >= 0.3 is 5.97 Å². The molecule has 2 aromatic rings. The summed E-state index contributed by atoms with van der Waals surface area (Å²) in [4.78, 5) is 23.9. The molecule has 0 saturated carbocycles. The van der Waals surface area contributed by atoms with Crippen molar-refractivity contribution in [2.75, 3.05) is 12.4 Å². The van der Waals surface area contributed by atoms with Gasteiger partial charge < -0.3 is 10.1 Å². The largest absolute Gasteiger partial charge is 0.465 e. The van der Waals surface area contributed by atoms with E-state index in [1.54, 1.807) is 42.5 Å². The molecule has 1 amide bonds. The van der Waals surface area contributed by atoms with Crippen molar-refractivity contribution >= 4 is 45.1 Å². The van der Waals surface area contributed by atoms with Crippen molar-refractivity contribution in [3.63, 3.8) is 0 Å². The third kappa shape index (κ3) is 3.62. The first kappa shape index (κ1) is 15.5. The van der Waals surface area contributed by atoms with E-state index in [1.165, 1.54) is 7.11 Å². The number of para-hydroxylation sites is 1. The summed E-state index contributed by atoms with van der Waals surface area (Å²) >= 11 is 9.22. The van der Waals surface area contributed by atoms with Crippen molar-refractivity contribution < 1.29 is 14.3 Å². The van der Waals surface area contributed by atoms with Crippen molar-refractivity contribution in [3.05, 3.63) is 63.1 Å². The van der Waals surface area contributed by atoms with Crippen molar-refractivity contribution in [2.45, 2.75) is 0 Å². The van der Waals surface area contributed by atoms with E-state index >= 15 is 0 Å². The predicted molar refractivity (Wildman–Crippen MR) is 84.9 cm³/mol. The highest BCUT2D eigenvalue weighted by Crippen LogP contribution is 2.24. The van der Waals surface area contributed by atoms with Crippen LogP contribution in [0.1, 0.15) is 20.7 Å². The Morgan fingerprint density at radius 3 is 2.57 bits per heavy atom. The number of nitrogens with one attached hydrogen (secondary N) is 1. The third-order valence-electron chi connectivity index (χ3n) is 2.76. The zero-order chi connectivity index (χ0) is 15.4. The van der Waals surface area contributed by atoms with Gasteiger partial charge in [0.1, 0.15) is 0 Å². The van der Waals surface area contributed by atoms with Gasteiger partial charge in [-0.15, -0.1) is 0 Å². The molecule has 2 rings (SSSR count). The first-order valence-corrected chi connectivity index (χ1v) is 7.13. The molecule has 2 aromatic carbocycles. The maximum absolute atomic E-state index is 12.2. The van der Waals surface area contributed by atoms with Gasteiger partial charge in [0, 0.05) is 10.0 Å². The number of rotatable bonds is 3. The highest BCUT2D eigenvalue weighted by molar-refractivity contribution is 9.10. The zero-order valence-corrected chi connectivity index (χ0v) is 13.4. The Kier molecular flexibility index (Phi) is 4.98. The highest BCUT2D eigenvalue weighted by atomic mass is 79.9. The number of benzene rings is 2. The topological polar surface area (TPSA) is 55.4 Å². The van der Waals surface area contributed by atoms with Crippen LogP contribution in [0.3, 0.4) is 0 Å². The molecule has 1 N–H and O–H groups in total. The Balaban J connectivity index is 2.27. The molecule has 0 aromatic heterocycles. The van der Waals surface area contributed by atoms with Gasteiger partial charge in [-0.25, -0.2) is 4.79 Å². The molecule has 0 aliphatic rings. The second-order valence-electron chi connectivity index (χ2n) is 4.12. The van der Waals surface area contributed by atoms with E-state index in [4.69, 9.17) is 11.6 Å². The van der Waals surface area contributed by atoms with Crippen LogP contribution in [0.5, 0.6) is 0 Å². The fourth-order valence-electron chi connectivity index (χ4n) is 1.71. The molecule has 0 bridgehead atoms. The number of carbonyl (C=O) groups is 2. The van der Waals surface area contributed by atoms with E-state index in [-0.39, 0.29) is 11.5 Å². The van der Waals surface area contributed by atoms with Gasteiger partial charge in [-0.3, -0.25) is 4.79 Å². The summed E-state index contributed by atoms with van der Waals surface area (Å²) in [5, 5.41) is 3.11. The van der Waals surface area contributed by atoms with Crippen LogP contribution in [0.4, 0.5) is 5.69 Å². The van der Waals surface area contributed by atoms with Gasteiger partial charge in [0.15, 0.2) is 0 Å². The van der Waals surface area contributed by atoms with Crippen molar-refractivity contribution in [1.82, 2.24) is 0 Å². The molecule has 0 spiro atoms. The Bertz CT molecular complexity index is 703. The first-order chi connectivity index (χ1) is 10.0. The van der Waals surface area contributed by atoms with Gasteiger partial charge in [0.25, 0.3) is 5.91 Å². The van der Waals surface area contributed by atoms with Crippen LogP contribution in [-0.2, 0) is 4.74 Å². The lowest BCUT2D eigenvalue weighted by molar-refractivity contribution is 0.0602. The van der Waals surface area contributed by atoms with Crippen molar-refractivity contribution in [1.29, 1.82) is 0 Å². The fraction of sp³-hybridized carbons (Fsp3) is 0.0667. The smallest absolute Gasteiger partial charge is 0.339 e. The lowest BCUT2D eigenvalue weighted by atomic mass is 10.1. The lowest BCUT2D eigenvalue weighted by Crippen LogP contribution is -2.15. The normalized spacial score (nSPS) is 10.0. The molecule has 0 heterocycles. The van der Waals surface area contributed by atoms with E-state index in [0.29, 0.717) is 20.7 Å². The van der Waals surface area contributed by atoms with Crippen LogP contribution in [-0.4, -0.2) is 19.0 Å². The first-order valence-electron chi connectivity index (χ1n) is 5.96. The molecule has 0 atom stereocenters.